The summed E-state index contributed by atoms with van der Waals surface area (Å²) < 4.78 is 0. The van der Waals surface area contributed by atoms with Gasteiger partial charge in [0.2, 0.25) is 0 Å². The second kappa shape index (κ2) is 5.53. The lowest BCUT2D eigenvalue weighted by molar-refractivity contribution is 0.296. The Morgan fingerprint density at radius 2 is 2.29 bits per heavy atom. The van der Waals surface area contributed by atoms with Crippen molar-refractivity contribution in [1.82, 2.24) is 0 Å². The molecular formula is C10H12N2OS. The number of aliphatic hydroxyl groups is 1. The van der Waals surface area contributed by atoms with Gasteiger partial charge in [-0.25, -0.2) is 0 Å². The summed E-state index contributed by atoms with van der Waals surface area (Å²) in [5.74, 6) is 0.777. The Morgan fingerprint density at radius 1 is 1.50 bits per heavy atom. The van der Waals surface area contributed by atoms with Crippen molar-refractivity contribution in [2.75, 3.05) is 18.1 Å². The lowest BCUT2D eigenvalue weighted by atomic mass is 10.2. The van der Waals surface area contributed by atoms with Gasteiger partial charge in [0.05, 0.1) is 5.56 Å². The first kappa shape index (κ1) is 10.9. The molecule has 74 valence electrons. The lowest BCUT2D eigenvalue weighted by Gasteiger charge is -2.05. The Hall–Kier alpha value is -1.18. The van der Waals surface area contributed by atoms with Crippen LogP contribution in [0.5, 0.6) is 0 Å². The maximum Gasteiger partial charge on any atom is 0.100 e. The quantitative estimate of drug-likeness (QED) is 0.448. The number of nitrogen functional groups attached to an aromatic ring is 1. The van der Waals surface area contributed by atoms with Gasteiger partial charge in [-0.3, -0.25) is 0 Å². The first-order valence-corrected chi connectivity index (χ1v) is 5.30. The van der Waals surface area contributed by atoms with Gasteiger partial charge < -0.3 is 10.8 Å². The van der Waals surface area contributed by atoms with E-state index < -0.39 is 0 Å². The molecule has 1 aromatic rings. The number of nitrogens with two attached hydrogens (primary N) is 1. The number of anilines is 1. The van der Waals surface area contributed by atoms with E-state index in [0.717, 1.165) is 10.6 Å². The van der Waals surface area contributed by atoms with E-state index >= 15 is 0 Å². The standard InChI is InChI=1S/C10H12N2OS/c11-7-8-3-1-4-9(12)10(8)14-6-2-5-13/h1,3-4,13H,2,5-6,12H2. The van der Waals surface area contributed by atoms with Crippen LogP contribution in [0.25, 0.3) is 0 Å². The summed E-state index contributed by atoms with van der Waals surface area (Å²) in [6.07, 6.45) is 0.712. The van der Waals surface area contributed by atoms with Crippen LogP contribution in [0.2, 0.25) is 0 Å². The molecule has 0 aromatic heterocycles. The molecule has 0 spiro atoms. The van der Waals surface area contributed by atoms with E-state index in [-0.39, 0.29) is 6.61 Å². The zero-order valence-corrected chi connectivity index (χ0v) is 8.55. The highest BCUT2D eigenvalue weighted by molar-refractivity contribution is 7.99. The molecule has 0 amide bonds. The molecular weight excluding hydrogens is 196 g/mol. The van der Waals surface area contributed by atoms with Crippen LogP contribution >= 0.6 is 11.8 Å². The second-order valence-corrected chi connectivity index (χ2v) is 3.87. The number of benzene rings is 1. The summed E-state index contributed by atoms with van der Waals surface area (Å²) in [5, 5.41) is 17.5. The largest absolute Gasteiger partial charge is 0.398 e. The monoisotopic (exact) mass is 208 g/mol. The van der Waals surface area contributed by atoms with Crippen molar-refractivity contribution < 1.29 is 5.11 Å². The van der Waals surface area contributed by atoms with Crippen LogP contribution < -0.4 is 5.73 Å². The summed E-state index contributed by atoms with van der Waals surface area (Å²) in [6.45, 7) is 0.168. The minimum absolute atomic E-state index is 0.168. The molecule has 0 saturated carbocycles. The fourth-order valence-corrected chi connectivity index (χ4v) is 2.02. The number of nitriles is 1. The van der Waals surface area contributed by atoms with Crippen LogP contribution in [0.3, 0.4) is 0 Å². The van der Waals surface area contributed by atoms with Crippen LogP contribution in [0, 0.1) is 11.3 Å². The third-order valence-corrected chi connectivity index (χ3v) is 2.95. The molecule has 3 nitrogen and oxygen atoms in total. The highest BCUT2D eigenvalue weighted by Crippen LogP contribution is 2.28. The number of thioether (sulfide) groups is 1. The van der Waals surface area contributed by atoms with Gasteiger partial charge in [0.1, 0.15) is 6.07 Å². The molecule has 0 fully saturated rings. The van der Waals surface area contributed by atoms with Gasteiger partial charge in [0.25, 0.3) is 0 Å². The van der Waals surface area contributed by atoms with Crippen molar-refractivity contribution in [3.8, 4) is 6.07 Å². The molecule has 0 atom stereocenters. The highest BCUT2D eigenvalue weighted by Gasteiger charge is 2.05. The molecule has 0 aliphatic rings. The molecule has 0 bridgehead atoms. The van der Waals surface area contributed by atoms with Gasteiger partial charge in [-0.2, -0.15) is 5.26 Å². The molecule has 0 saturated heterocycles. The van der Waals surface area contributed by atoms with Crippen LogP contribution in [-0.2, 0) is 0 Å². The summed E-state index contributed by atoms with van der Waals surface area (Å²) in [5.41, 5.74) is 6.98. The van der Waals surface area contributed by atoms with E-state index in [1.165, 1.54) is 11.8 Å². The first-order valence-electron chi connectivity index (χ1n) is 4.32. The average molecular weight is 208 g/mol. The minimum Gasteiger partial charge on any atom is -0.398 e. The van der Waals surface area contributed by atoms with E-state index in [4.69, 9.17) is 16.1 Å². The maximum atomic E-state index is 8.83. The van der Waals surface area contributed by atoms with Gasteiger partial charge in [0, 0.05) is 22.9 Å². The number of rotatable bonds is 4. The topological polar surface area (TPSA) is 70.0 Å². The zero-order valence-electron chi connectivity index (χ0n) is 7.73. The third kappa shape index (κ3) is 2.66. The molecule has 0 heterocycles. The molecule has 0 aliphatic heterocycles. The van der Waals surface area contributed by atoms with E-state index in [2.05, 4.69) is 6.07 Å². The molecule has 0 aliphatic carbocycles. The van der Waals surface area contributed by atoms with E-state index in [1.54, 1.807) is 18.2 Å². The van der Waals surface area contributed by atoms with Crippen molar-refractivity contribution in [3.05, 3.63) is 23.8 Å². The molecule has 1 rings (SSSR count). The number of hydrogen-bond acceptors (Lipinski definition) is 4. The van der Waals surface area contributed by atoms with Gasteiger partial charge in [-0.15, -0.1) is 11.8 Å². The summed E-state index contributed by atoms with van der Waals surface area (Å²) in [7, 11) is 0. The Kier molecular flexibility index (Phi) is 4.30. The molecule has 1 aromatic carbocycles. The minimum atomic E-state index is 0.168. The predicted octanol–water partition coefficient (Wildman–Crippen LogP) is 1.61. The van der Waals surface area contributed by atoms with Crippen molar-refractivity contribution in [2.45, 2.75) is 11.3 Å². The van der Waals surface area contributed by atoms with Crippen molar-refractivity contribution >= 4 is 17.4 Å². The fourth-order valence-electron chi connectivity index (χ4n) is 1.04. The normalized spacial score (nSPS) is 9.71. The third-order valence-electron chi connectivity index (χ3n) is 1.71. The Morgan fingerprint density at radius 3 is 2.93 bits per heavy atom. The number of hydrogen-bond donors (Lipinski definition) is 2. The first-order chi connectivity index (χ1) is 6.79. The highest BCUT2D eigenvalue weighted by atomic mass is 32.2. The van der Waals surface area contributed by atoms with E-state index in [9.17, 15) is 0 Å². The summed E-state index contributed by atoms with van der Waals surface area (Å²) in [6, 6.07) is 7.40. The smallest absolute Gasteiger partial charge is 0.100 e. The van der Waals surface area contributed by atoms with Crippen LogP contribution in [-0.4, -0.2) is 17.5 Å². The van der Waals surface area contributed by atoms with Crippen LogP contribution in [0.4, 0.5) is 5.69 Å². The molecule has 0 unspecified atom stereocenters. The van der Waals surface area contributed by atoms with Crippen LogP contribution in [0.15, 0.2) is 23.1 Å². The van der Waals surface area contributed by atoms with E-state index in [0.29, 0.717) is 17.7 Å². The Labute approximate surface area is 87.5 Å². The summed E-state index contributed by atoms with van der Waals surface area (Å²) >= 11 is 1.52. The van der Waals surface area contributed by atoms with Crippen molar-refractivity contribution in [1.29, 1.82) is 5.26 Å². The van der Waals surface area contributed by atoms with Gasteiger partial charge in [-0.1, -0.05) is 6.07 Å². The second-order valence-electron chi connectivity index (χ2n) is 2.76. The van der Waals surface area contributed by atoms with E-state index in [1.807, 2.05) is 0 Å². The maximum absolute atomic E-state index is 8.83. The average Bonchev–Trinajstić information content (AvgIpc) is 2.20. The Balaban J connectivity index is 2.78. The molecule has 4 heteroatoms. The number of aliphatic hydroxyl groups excluding tert-OH is 1. The molecule has 0 radical (unpaired) electrons. The van der Waals surface area contributed by atoms with Gasteiger partial charge in [0.15, 0.2) is 0 Å². The SMILES string of the molecule is N#Cc1cccc(N)c1SCCCO. The molecule has 14 heavy (non-hydrogen) atoms. The molecule has 3 N–H and O–H groups in total. The fraction of sp³-hybridized carbons (Fsp3) is 0.300. The lowest BCUT2D eigenvalue weighted by Crippen LogP contribution is -1.93. The summed E-state index contributed by atoms with van der Waals surface area (Å²) in [4.78, 5) is 0.823. The number of nitrogens with zero attached hydrogens (tertiary/aromatic N) is 1. The Bertz CT molecular complexity index is 346. The predicted molar refractivity (Wildman–Crippen MR) is 58.0 cm³/mol. The van der Waals surface area contributed by atoms with Crippen molar-refractivity contribution in [3.63, 3.8) is 0 Å². The van der Waals surface area contributed by atoms with Crippen molar-refractivity contribution in [2.24, 2.45) is 0 Å². The van der Waals surface area contributed by atoms with Crippen LogP contribution in [0.1, 0.15) is 12.0 Å². The van der Waals surface area contributed by atoms with Gasteiger partial charge in [-0.05, 0) is 18.6 Å². The van der Waals surface area contributed by atoms with Gasteiger partial charge >= 0.3 is 0 Å². The zero-order chi connectivity index (χ0) is 10.4.